The highest BCUT2D eigenvalue weighted by Gasteiger charge is 2.08. The zero-order valence-electron chi connectivity index (χ0n) is 14.4. The highest BCUT2D eigenvalue weighted by atomic mass is 14.1. The molecule has 0 aliphatic carbocycles. The molecule has 120 valence electrons. The van der Waals surface area contributed by atoms with Gasteiger partial charge in [-0.05, 0) is 40.2 Å². The quantitative estimate of drug-likeness (QED) is 0.459. The predicted molar refractivity (Wildman–Crippen MR) is 106 cm³/mol. The minimum Gasteiger partial charge on any atom is -0.0625 e. The standard InChI is InChI=1S/C24H24/c1-19(2)18-22-13-7-9-15-24(22)23-14-8-6-12-21(23)17-16-20-10-4-3-5-11-20/h3-17,19H,18H2,1-2H3/b17-16+. The fourth-order valence-corrected chi connectivity index (χ4v) is 3.04. The van der Waals surface area contributed by atoms with Gasteiger partial charge >= 0.3 is 0 Å². The lowest BCUT2D eigenvalue weighted by molar-refractivity contribution is 0.648. The molecule has 0 unspecified atom stereocenters. The molecule has 3 rings (SSSR count). The third-order valence-corrected chi connectivity index (χ3v) is 4.15. The van der Waals surface area contributed by atoms with Crippen molar-refractivity contribution >= 4 is 12.2 Å². The van der Waals surface area contributed by atoms with Crippen LogP contribution in [0.15, 0.2) is 78.9 Å². The largest absolute Gasteiger partial charge is 0.0625 e. The molecule has 0 N–H and O–H groups in total. The van der Waals surface area contributed by atoms with Gasteiger partial charge in [0.2, 0.25) is 0 Å². The van der Waals surface area contributed by atoms with Crippen molar-refractivity contribution in [1.82, 2.24) is 0 Å². The van der Waals surface area contributed by atoms with Crippen LogP contribution in [-0.2, 0) is 6.42 Å². The van der Waals surface area contributed by atoms with E-state index in [2.05, 4.69) is 98.8 Å². The molecule has 0 spiro atoms. The van der Waals surface area contributed by atoms with E-state index in [0.717, 1.165) is 6.42 Å². The van der Waals surface area contributed by atoms with Gasteiger partial charge in [0.15, 0.2) is 0 Å². The molecular formula is C24H24. The minimum absolute atomic E-state index is 0.651. The van der Waals surface area contributed by atoms with E-state index >= 15 is 0 Å². The second-order valence-corrected chi connectivity index (χ2v) is 6.59. The molecule has 0 aliphatic rings. The lowest BCUT2D eigenvalue weighted by Crippen LogP contribution is -1.97. The molecule has 0 saturated heterocycles. The normalized spacial score (nSPS) is 11.3. The monoisotopic (exact) mass is 312 g/mol. The summed E-state index contributed by atoms with van der Waals surface area (Å²) in [5, 5.41) is 0. The van der Waals surface area contributed by atoms with Gasteiger partial charge in [-0.3, -0.25) is 0 Å². The van der Waals surface area contributed by atoms with Gasteiger partial charge in [-0.25, -0.2) is 0 Å². The van der Waals surface area contributed by atoms with Crippen molar-refractivity contribution in [3.05, 3.63) is 95.6 Å². The van der Waals surface area contributed by atoms with Gasteiger partial charge in [-0.2, -0.15) is 0 Å². The Hall–Kier alpha value is -2.60. The first kappa shape index (κ1) is 16.3. The third-order valence-electron chi connectivity index (χ3n) is 4.15. The van der Waals surface area contributed by atoms with Gasteiger partial charge in [0.25, 0.3) is 0 Å². The Kier molecular flexibility index (Phi) is 5.28. The van der Waals surface area contributed by atoms with Crippen molar-refractivity contribution < 1.29 is 0 Å². The topological polar surface area (TPSA) is 0 Å². The van der Waals surface area contributed by atoms with Gasteiger partial charge in [0.1, 0.15) is 0 Å². The van der Waals surface area contributed by atoms with Gasteiger partial charge in [-0.1, -0.05) is 105 Å². The number of hydrogen-bond donors (Lipinski definition) is 0. The SMILES string of the molecule is CC(C)Cc1ccccc1-c1ccccc1/C=C/c1ccccc1. The summed E-state index contributed by atoms with van der Waals surface area (Å²) >= 11 is 0. The maximum atomic E-state index is 2.28. The van der Waals surface area contributed by atoms with Crippen LogP contribution >= 0.6 is 0 Å². The Bertz CT molecular complexity index is 810. The Morgan fingerprint density at radius 2 is 1.29 bits per heavy atom. The summed E-state index contributed by atoms with van der Waals surface area (Å²) in [4.78, 5) is 0. The van der Waals surface area contributed by atoms with E-state index < -0.39 is 0 Å². The minimum atomic E-state index is 0.651. The van der Waals surface area contributed by atoms with Crippen LogP contribution in [0, 0.1) is 5.92 Å². The summed E-state index contributed by atoms with van der Waals surface area (Å²) < 4.78 is 0. The maximum absolute atomic E-state index is 2.28. The van der Waals surface area contributed by atoms with E-state index in [1.807, 2.05) is 6.07 Å². The zero-order valence-corrected chi connectivity index (χ0v) is 14.4. The van der Waals surface area contributed by atoms with Gasteiger partial charge in [0, 0.05) is 0 Å². The molecule has 0 heterocycles. The maximum Gasteiger partial charge on any atom is -0.0109 e. The third kappa shape index (κ3) is 4.02. The van der Waals surface area contributed by atoms with Crippen LogP contribution in [0.2, 0.25) is 0 Å². The molecule has 0 fully saturated rings. The lowest BCUT2D eigenvalue weighted by atomic mass is 9.91. The van der Waals surface area contributed by atoms with E-state index in [0.29, 0.717) is 5.92 Å². The predicted octanol–water partition coefficient (Wildman–Crippen LogP) is 6.72. The van der Waals surface area contributed by atoms with E-state index in [1.54, 1.807) is 0 Å². The summed E-state index contributed by atoms with van der Waals surface area (Å²) in [7, 11) is 0. The van der Waals surface area contributed by atoms with E-state index in [1.165, 1.54) is 27.8 Å². The van der Waals surface area contributed by atoms with Crippen LogP contribution in [0.4, 0.5) is 0 Å². The summed E-state index contributed by atoms with van der Waals surface area (Å²) in [5.74, 6) is 0.651. The summed E-state index contributed by atoms with van der Waals surface area (Å²) in [6, 6.07) is 27.9. The first-order valence-corrected chi connectivity index (χ1v) is 8.64. The molecular weight excluding hydrogens is 288 g/mol. The number of benzene rings is 3. The highest BCUT2D eigenvalue weighted by molar-refractivity contribution is 5.82. The molecule has 0 saturated carbocycles. The van der Waals surface area contributed by atoms with E-state index in [9.17, 15) is 0 Å². The molecule has 0 amide bonds. The molecule has 0 nitrogen and oxygen atoms in total. The van der Waals surface area contributed by atoms with E-state index in [-0.39, 0.29) is 0 Å². The smallest absolute Gasteiger partial charge is 0.0109 e. The molecule has 0 radical (unpaired) electrons. The highest BCUT2D eigenvalue weighted by Crippen LogP contribution is 2.29. The number of rotatable bonds is 5. The molecule has 0 aliphatic heterocycles. The summed E-state index contributed by atoms with van der Waals surface area (Å²) in [6.45, 7) is 4.55. The summed E-state index contributed by atoms with van der Waals surface area (Å²) in [5.41, 5.74) is 6.56. The zero-order chi connectivity index (χ0) is 16.8. The first-order valence-electron chi connectivity index (χ1n) is 8.64. The van der Waals surface area contributed by atoms with Crippen LogP contribution in [0.5, 0.6) is 0 Å². The molecule has 3 aromatic carbocycles. The van der Waals surface area contributed by atoms with Crippen LogP contribution in [0.25, 0.3) is 23.3 Å². The molecule has 0 bridgehead atoms. The molecule has 0 aromatic heterocycles. The van der Waals surface area contributed by atoms with Crippen molar-refractivity contribution in [2.24, 2.45) is 5.92 Å². The average Bonchev–Trinajstić information content (AvgIpc) is 2.61. The Labute approximate surface area is 145 Å². The Morgan fingerprint density at radius 3 is 2.04 bits per heavy atom. The molecule has 24 heavy (non-hydrogen) atoms. The second kappa shape index (κ2) is 7.79. The van der Waals surface area contributed by atoms with E-state index in [4.69, 9.17) is 0 Å². The van der Waals surface area contributed by atoms with Gasteiger partial charge in [-0.15, -0.1) is 0 Å². The summed E-state index contributed by atoms with van der Waals surface area (Å²) in [6.07, 6.45) is 5.51. The van der Waals surface area contributed by atoms with Crippen LogP contribution < -0.4 is 0 Å². The van der Waals surface area contributed by atoms with Gasteiger partial charge < -0.3 is 0 Å². The molecule has 0 heteroatoms. The number of hydrogen-bond acceptors (Lipinski definition) is 0. The van der Waals surface area contributed by atoms with Crippen LogP contribution in [0.3, 0.4) is 0 Å². The molecule has 0 atom stereocenters. The average molecular weight is 312 g/mol. The van der Waals surface area contributed by atoms with Crippen molar-refractivity contribution in [2.45, 2.75) is 20.3 Å². The first-order chi connectivity index (χ1) is 11.7. The Balaban J connectivity index is 2.00. The lowest BCUT2D eigenvalue weighted by Gasteiger charge is -2.14. The fraction of sp³-hybridized carbons (Fsp3) is 0.167. The fourth-order valence-electron chi connectivity index (χ4n) is 3.04. The van der Waals surface area contributed by atoms with Crippen molar-refractivity contribution in [1.29, 1.82) is 0 Å². The van der Waals surface area contributed by atoms with Gasteiger partial charge in [0.05, 0.1) is 0 Å². The Morgan fingerprint density at radius 1 is 0.667 bits per heavy atom. The molecule has 3 aromatic rings. The van der Waals surface area contributed by atoms with Crippen molar-refractivity contribution in [3.8, 4) is 11.1 Å². The van der Waals surface area contributed by atoms with Crippen molar-refractivity contribution in [3.63, 3.8) is 0 Å². The van der Waals surface area contributed by atoms with Crippen molar-refractivity contribution in [2.75, 3.05) is 0 Å². The second-order valence-electron chi connectivity index (χ2n) is 6.59. The van der Waals surface area contributed by atoms with Crippen LogP contribution in [0.1, 0.15) is 30.5 Å². The van der Waals surface area contributed by atoms with Crippen LogP contribution in [-0.4, -0.2) is 0 Å².